The Hall–Kier alpha value is -2.55. The van der Waals surface area contributed by atoms with Gasteiger partial charge in [-0.25, -0.2) is 0 Å². The van der Waals surface area contributed by atoms with E-state index in [-0.39, 0.29) is 24.6 Å². The molecule has 0 bridgehead atoms. The minimum absolute atomic E-state index is 0.00970. The molecule has 1 saturated heterocycles. The molecule has 0 saturated carbocycles. The van der Waals surface area contributed by atoms with E-state index in [4.69, 9.17) is 21.7 Å². The summed E-state index contributed by atoms with van der Waals surface area (Å²) in [6.45, 7) is 2.28. The Bertz CT molecular complexity index is 734. The molecule has 8 nitrogen and oxygen atoms in total. The third-order valence-electron chi connectivity index (χ3n) is 4.85. The SMILES string of the molecule is COC(=O)CCCNC(=S)N1CCC(C(=O)Nc2ccc3c(c2)OCO3)CC1. The number of amides is 1. The molecule has 2 heterocycles. The highest BCUT2D eigenvalue weighted by Gasteiger charge is 2.26. The van der Waals surface area contributed by atoms with Crippen molar-refractivity contribution >= 4 is 34.9 Å². The number of hydrogen-bond acceptors (Lipinski definition) is 6. The average molecular weight is 407 g/mol. The molecular formula is C19H25N3O5S. The van der Waals surface area contributed by atoms with E-state index in [0.717, 1.165) is 25.9 Å². The van der Waals surface area contributed by atoms with Gasteiger partial charge in [-0.1, -0.05) is 0 Å². The molecule has 152 valence electrons. The molecule has 1 aromatic rings. The van der Waals surface area contributed by atoms with E-state index in [1.165, 1.54) is 7.11 Å². The van der Waals surface area contributed by atoms with E-state index >= 15 is 0 Å². The zero-order valence-corrected chi connectivity index (χ0v) is 16.7. The number of anilines is 1. The van der Waals surface area contributed by atoms with Gasteiger partial charge in [0, 0.05) is 43.7 Å². The van der Waals surface area contributed by atoms with Crippen LogP contribution in [0.4, 0.5) is 5.69 Å². The molecule has 2 aliphatic heterocycles. The number of piperidine rings is 1. The fourth-order valence-corrected chi connectivity index (χ4v) is 3.49. The number of esters is 1. The lowest BCUT2D eigenvalue weighted by atomic mass is 9.96. The van der Waals surface area contributed by atoms with E-state index in [1.807, 2.05) is 6.07 Å². The maximum atomic E-state index is 12.6. The molecule has 0 aromatic heterocycles. The molecule has 0 aliphatic carbocycles. The summed E-state index contributed by atoms with van der Waals surface area (Å²) in [4.78, 5) is 25.7. The summed E-state index contributed by atoms with van der Waals surface area (Å²) in [7, 11) is 1.38. The van der Waals surface area contributed by atoms with E-state index in [9.17, 15) is 9.59 Å². The first-order valence-corrected chi connectivity index (χ1v) is 9.77. The Balaban J connectivity index is 1.39. The van der Waals surface area contributed by atoms with Crippen molar-refractivity contribution in [2.45, 2.75) is 25.7 Å². The number of rotatable bonds is 6. The number of fused-ring (bicyclic) bond motifs is 1. The molecule has 2 N–H and O–H groups in total. The monoisotopic (exact) mass is 407 g/mol. The maximum absolute atomic E-state index is 12.6. The van der Waals surface area contributed by atoms with Crippen LogP contribution in [0.25, 0.3) is 0 Å². The number of carbonyl (C=O) groups excluding carboxylic acids is 2. The lowest BCUT2D eigenvalue weighted by Gasteiger charge is -2.33. The number of methoxy groups -OCH3 is 1. The summed E-state index contributed by atoms with van der Waals surface area (Å²) < 4.78 is 15.2. The highest BCUT2D eigenvalue weighted by Crippen LogP contribution is 2.34. The van der Waals surface area contributed by atoms with Crippen molar-refractivity contribution in [3.05, 3.63) is 18.2 Å². The fraction of sp³-hybridized carbons (Fsp3) is 0.526. The van der Waals surface area contributed by atoms with Crippen LogP contribution in [0.5, 0.6) is 11.5 Å². The second-order valence-electron chi connectivity index (χ2n) is 6.73. The standard InChI is InChI=1S/C19H25N3O5S/c1-25-17(23)3-2-8-20-19(28)22-9-6-13(7-10-22)18(24)21-14-4-5-15-16(11-14)27-12-26-15/h4-5,11,13H,2-3,6-10,12H2,1H3,(H,20,28)(H,21,24). The Kier molecular flexibility index (Phi) is 6.91. The molecule has 1 aromatic carbocycles. The van der Waals surface area contributed by atoms with Crippen LogP contribution in [-0.2, 0) is 14.3 Å². The van der Waals surface area contributed by atoms with Crippen molar-refractivity contribution in [2.75, 3.05) is 38.9 Å². The number of carbonyl (C=O) groups is 2. The van der Waals surface area contributed by atoms with Crippen LogP contribution in [0.2, 0.25) is 0 Å². The van der Waals surface area contributed by atoms with Gasteiger partial charge in [0.05, 0.1) is 7.11 Å². The van der Waals surface area contributed by atoms with Gasteiger partial charge in [0.25, 0.3) is 0 Å². The van der Waals surface area contributed by atoms with Gasteiger partial charge in [-0.3, -0.25) is 9.59 Å². The molecule has 28 heavy (non-hydrogen) atoms. The molecule has 0 radical (unpaired) electrons. The molecule has 0 atom stereocenters. The van der Waals surface area contributed by atoms with Crippen molar-refractivity contribution in [2.24, 2.45) is 5.92 Å². The van der Waals surface area contributed by atoms with E-state index in [0.29, 0.717) is 41.7 Å². The first-order valence-electron chi connectivity index (χ1n) is 9.37. The van der Waals surface area contributed by atoms with Gasteiger partial charge in [0.2, 0.25) is 12.7 Å². The fourth-order valence-electron chi connectivity index (χ4n) is 3.21. The second-order valence-corrected chi connectivity index (χ2v) is 7.12. The number of likely N-dealkylation sites (tertiary alicyclic amines) is 1. The van der Waals surface area contributed by atoms with Crippen LogP contribution in [-0.4, -0.2) is 55.4 Å². The first-order chi connectivity index (χ1) is 13.6. The number of nitrogens with zero attached hydrogens (tertiary/aromatic N) is 1. The molecular weight excluding hydrogens is 382 g/mol. The minimum atomic E-state index is -0.220. The predicted octanol–water partition coefficient (Wildman–Crippen LogP) is 1.89. The number of benzene rings is 1. The summed E-state index contributed by atoms with van der Waals surface area (Å²) >= 11 is 5.41. The maximum Gasteiger partial charge on any atom is 0.305 e. The quantitative estimate of drug-likeness (QED) is 0.420. The summed E-state index contributed by atoms with van der Waals surface area (Å²) in [5, 5.41) is 6.79. The number of hydrogen-bond donors (Lipinski definition) is 2. The topological polar surface area (TPSA) is 89.1 Å². The van der Waals surface area contributed by atoms with Crippen molar-refractivity contribution in [1.29, 1.82) is 0 Å². The van der Waals surface area contributed by atoms with E-state index in [2.05, 4.69) is 20.3 Å². The van der Waals surface area contributed by atoms with Crippen LogP contribution >= 0.6 is 12.2 Å². The summed E-state index contributed by atoms with van der Waals surface area (Å²) in [5.41, 5.74) is 0.708. The van der Waals surface area contributed by atoms with Gasteiger partial charge in [-0.2, -0.15) is 0 Å². The van der Waals surface area contributed by atoms with Crippen LogP contribution in [0, 0.1) is 5.92 Å². The zero-order valence-electron chi connectivity index (χ0n) is 15.9. The van der Waals surface area contributed by atoms with Crippen LogP contribution in [0.15, 0.2) is 18.2 Å². The molecule has 0 unspecified atom stereocenters. The molecule has 1 fully saturated rings. The zero-order chi connectivity index (χ0) is 19.9. The highest BCUT2D eigenvalue weighted by molar-refractivity contribution is 7.80. The number of ether oxygens (including phenoxy) is 3. The van der Waals surface area contributed by atoms with Gasteiger partial charge in [0.1, 0.15) is 0 Å². The molecule has 2 aliphatic rings. The molecule has 1 amide bonds. The van der Waals surface area contributed by atoms with Crippen LogP contribution in [0.3, 0.4) is 0 Å². The van der Waals surface area contributed by atoms with E-state index in [1.54, 1.807) is 12.1 Å². The largest absolute Gasteiger partial charge is 0.469 e. The van der Waals surface area contributed by atoms with Crippen molar-refractivity contribution in [3.8, 4) is 11.5 Å². The van der Waals surface area contributed by atoms with Gasteiger partial charge in [-0.15, -0.1) is 0 Å². The summed E-state index contributed by atoms with van der Waals surface area (Å²) in [6.07, 6.45) is 2.51. The Morgan fingerprint density at radius 2 is 2.00 bits per heavy atom. The highest BCUT2D eigenvalue weighted by atomic mass is 32.1. The van der Waals surface area contributed by atoms with Crippen LogP contribution in [0.1, 0.15) is 25.7 Å². The van der Waals surface area contributed by atoms with Gasteiger partial charge < -0.3 is 29.7 Å². The Morgan fingerprint density at radius 1 is 1.25 bits per heavy atom. The third kappa shape index (κ3) is 5.25. The van der Waals surface area contributed by atoms with Gasteiger partial charge >= 0.3 is 5.97 Å². The van der Waals surface area contributed by atoms with Crippen molar-refractivity contribution in [3.63, 3.8) is 0 Å². The average Bonchev–Trinajstić information content (AvgIpc) is 3.18. The lowest BCUT2D eigenvalue weighted by Crippen LogP contribution is -2.46. The first kappa shape index (κ1) is 20.2. The lowest BCUT2D eigenvalue weighted by molar-refractivity contribution is -0.140. The number of thiocarbonyl (C=S) groups is 1. The van der Waals surface area contributed by atoms with Crippen LogP contribution < -0.4 is 20.1 Å². The molecule has 9 heteroatoms. The van der Waals surface area contributed by atoms with Gasteiger partial charge in [-0.05, 0) is 43.6 Å². The summed E-state index contributed by atoms with van der Waals surface area (Å²) in [5.74, 6) is 1.08. The molecule has 0 spiro atoms. The second kappa shape index (κ2) is 9.59. The third-order valence-corrected chi connectivity index (χ3v) is 5.26. The van der Waals surface area contributed by atoms with Crippen molar-refractivity contribution in [1.82, 2.24) is 10.2 Å². The Morgan fingerprint density at radius 3 is 2.75 bits per heavy atom. The molecule has 3 rings (SSSR count). The smallest absolute Gasteiger partial charge is 0.305 e. The Labute approximate surface area is 169 Å². The minimum Gasteiger partial charge on any atom is -0.469 e. The number of nitrogens with one attached hydrogen (secondary N) is 2. The predicted molar refractivity (Wildman–Crippen MR) is 107 cm³/mol. The summed E-state index contributed by atoms with van der Waals surface area (Å²) in [6, 6.07) is 5.39. The van der Waals surface area contributed by atoms with E-state index < -0.39 is 0 Å². The van der Waals surface area contributed by atoms with Gasteiger partial charge in [0.15, 0.2) is 16.6 Å². The van der Waals surface area contributed by atoms with Crippen molar-refractivity contribution < 1.29 is 23.8 Å². The normalized spacial score (nSPS) is 15.8.